The third kappa shape index (κ3) is 3.63. The Morgan fingerprint density at radius 3 is 2.80 bits per heavy atom. The number of carbonyl (C=O) groups is 1. The summed E-state index contributed by atoms with van der Waals surface area (Å²) in [6, 6.07) is 5.20. The van der Waals surface area contributed by atoms with Gasteiger partial charge in [0.05, 0.1) is 13.2 Å². The number of hydrogen-bond donors (Lipinski definition) is 2. The Kier molecular flexibility index (Phi) is 5.24. The van der Waals surface area contributed by atoms with Crippen LogP contribution in [0.2, 0.25) is 0 Å². The van der Waals surface area contributed by atoms with Crippen LogP contribution in [0.25, 0.3) is 0 Å². The molecule has 0 saturated carbocycles. The highest BCUT2D eigenvalue weighted by Gasteiger charge is 2.16. The third-order valence-corrected chi connectivity index (χ3v) is 3.32. The summed E-state index contributed by atoms with van der Waals surface area (Å²) in [4.78, 5) is 12.2. The van der Waals surface area contributed by atoms with Crippen molar-refractivity contribution < 1.29 is 19.4 Å². The van der Waals surface area contributed by atoms with Gasteiger partial charge in [-0.2, -0.15) is 0 Å². The fourth-order valence-electron chi connectivity index (χ4n) is 2.11. The molecule has 1 unspecified atom stereocenters. The minimum absolute atomic E-state index is 0.0107. The van der Waals surface area contributed by atoms with E-state index in [1.807, 2.05) is 6.92 Å². The van der Waals surface area contributed by atoms with Crippen LogP contribution in [0.1, 0.15) is 36.5 Å². The molecule has 0 fully saturated rings. The van der Waals surface area contributed by atoms with Crippen molar-refractivity contribution in [1.82, 2.24) is 5.32 Å². The molecular formula is C15H21NO4. The van der Waals surface area contributed by atoms with Gasteiger partial charge in [0.1, 0.15) is 0 Å². The first-order valence-electron chi connectivity index (χ1n) is 7.06. The Balaban J connectivity index is 2.08. The van der Waals surface area contributed by atoms with E-state index >= 15 is 0 Å². The van der Waals surface area contributed by atoms with Crippen molar-refractivity contribution >= 4 is 5.91 Å². The maximum absolute atomic E-state index is 12.2. The first-order valence-corrected chi connectivity index (χ1v) is 7.06. The monoisotopic (exact) mass is 279 g/mol. The molecule has 1 aliphatic rings. The van der Waals surface area contributed by atoms with Gasteiger partial charge < -0.3 is 19.9 Å². The quantitative estimate of drug-likeness (QED) is 0.861. The van der Waals surface area contributed by atoms with Gasteiger partial charge >= 0.3 is 0 Å². The highest BCUT2D eigenvalue weighted by atomic mass is 16.5. The minimum atomic E-state index is -0.152. The SMILES string of the molecule is CCC(CCO)NC(=O)c1ccc2c(c1)OCCCO2. The van der Waals surface area contributed by atoms with E-state index in [4.69, 9.17) is 14.6 Å². The van der Waals surface area contributed by atoms with Gasteiger partial charge in [-0.05, 0) is 31.0 Å². The molecule has 0 bridgehead atoms. The molecule has 1 amide bonds. The van der Waals surface area contributed by atoms with Crippen molar-refractivity contribution in [2.24, 2.45) is 0 Å². The molecule has 0 aromatic heterocycles. The fraction of sp³-hybridized carbons (Fsp3) is 0.533. The average Bonchev–Trinajstić information content (AvgIpc) is 2.71. The average molecular weight is 279 g/mol. The van der Waals surface area contributed by atoms with Gasteiger partial charge in [0.2, 0.25) is 0 Å². The van der Waals surface area contributed by atoms with E-state index in [1.54, 1.807) is 18.2 Å². The summed E-state index contributed by atoms with van der Waals surface area (Å²) in [6.45, 7) is 3.28. The zero-order valence-electron chi connectivity index (χ0n) is 11.7. The summed E-state index contributed by atoms with van der Waals surface area (Å²) in [5.41, 5.74) is 0.547. The van der Waals surface area contributed by atoms with Crippen molar-refractivity contribution in [2.45, 2.75) is 32.2 Å². The number of hydrogen-bond acceptors (Lipinski definition) is 4. The Hall–Kier alpha value is -1.75. The van der Waals surface area contributed by atoms with Crippen molar-refractivity contribution in [3.63, 3.8) is 0 Å². The van der Waals surface area contributed by atoms with Gasteiger partial charge in [-0.15, -0.1) is 0 Å². The summed E-state index contributed by atoms with van der Waals surface area (Å²) >= 11 is 0. The largest absolute Gasteiger partial charge is 0.490 e. The van der Waals surface area contributed by atoms with Crippen LogP contribution < -0.4 is 14.8 Å². The number of ether oxygens (including phenoxy) is 2. The zero-order valence-corrected chi connectivity index (χ0v) is 11.7. The lowest BCUT2D eigenvalue weighted by Crippen LogP contribution is -2.35. The zero-order chi connectivity index (χ0) is 14.4. The highest BCUT2D eigenvalue weighted by Crippen LogP contribution is 2.30. The van der Waals surface area contributed by atoms with Gasteiger partial charge in [-0.1, -0.05) is 6.92 Å². The number of nitrogens with one attached hydrogen (secondary N) is 1. The Labute approximate surface area is 118 Å². The lowest BCUT2D eigenvalue weighted by Gasteiger charge is -2.16. The smallest absolute Gasteiger partial charge is 0.251 e. The molecule has 1 aliphatic heterocycles. The van der Waals surface area contributed by atoms with Crippen molar-refractivity contribution in [3.05, 3.63) is 23.8 Å². The Morgan fingerprint density at radius 1 is 1.35 bits per heavy atom. The van der Waals surface area contributed by atoms with Crippen LogP contribution in [-0.4, -0.2) is 36.9 Å². The summed E-state index contributed by atoms with van der Waals surface area (Å²) < 4.78 is 11.1. The Bertz CT molecular complexity index is 461. The van der Waals surface area contributed by atoms with E-state index in [2.05, 4.69) is 5.32 Å². The third-order valence-electron chi connectivity index (χ3n) is 3.32. The van der Waals surface area contributed by atoms with E-state index in [9.17, 15) is 4.79 Å². The number of rotatable bonds is 5. The predicted molar refractivity (Wildman–Crippen MR) is 75.3 cm³/mol. The van der Waals surface area contributed by atoms with E-state index in [1.165, 1.54) is 0 Å². The number of amides is 1. The number of benzene rings is 1. The van der Waals surface area contributed by atoms with E-state index in [0.29, 0.717) is 36.7 Å². The summed E-state index contributed by atoms with van der Waals surface area (Å²) in [5, 5.41) is 11.9. The molecule has 5 nitrogen and oxygen atoms in total. The molecule has 0 saturated heterocycles. The first-order chi connectivity index (χ1) is 9.74. The summed E-state index contributed by atoms with van der Waals surface area (Å²) in [7, 11) is 0. The number of fused-ring (bicyclic) bond motifs is 1. The van der Waals surface area contributed by atoms with E-state index < -0.39 is 0 Å². The van der Waals surface area contributed by atoms with Crippen LogP contribution in [0.3, 0.4) is 0 Å². The van der Waals surface area contributed by atoms with E-state index in [-0.39, 0.29) is 18.6 Å². The molecule has 1 aromatic carbocycles. The summed E-state index contributed by atoms with van der Waals surface area (Å²) in [5.74, 6) is 1.15. The molecule has 1 aromatic rings. The second-order valence-corrected chi connectivity index (χ2v) is 4.80. The molecule has 110 valence electrons. The second-order valence-electron chi connectivity index (χ2n) is 4.80. The van der Waals surface area contributed by atoms with Crippen molar-refractivity contribution in [1.29, 1.82) is 0 Å². The van der Waals surface area contributed by atoms with Crippen molar-refractivity contribution in [3.8, 4) is 11.5 Å². The van der Waals surface area contributed by atoms with Crippen LogP contribution in [0.4, 0.5) is 0 Å². The number of aliphatic hydroxyl groups excluding tert-OH is 1. The van der Waals surface area contributed by atoms with Crippen LogP contribution in [0.5, 0.6) is 11.5 Å². The van der Waals surface area contributed by atoms with Crippen LogP contribution in [0.15, 0.2) is 18.2 Å². The lowest BCUT2D eigenvalue weighted by molar-refractivity contribution is 0.0928. The van der Waals surface area contributed by atoms with Crippen molar-refractivity contribution in [2.75, 3.05) is 19.8 Å². The summed E-state index contributed by atoms with van der Waals surface area (Å²) in [6.07, 6.45) is 2.19. The van der Waals surface area contributed by atoms with Gasteiger partial charge in [0.25, 0.3) is 5.91 Å². The lowest BCUT2D eigenvalue weighted by atomic mass is 10.1. The second kappa shape index (κ2) is 7.14. The van der Waals surface area contributed by atoms with E-state index in [0.717, 1.165) is 12.8 Å². The van der Waals surface area contributed by atoms with Gasteiger partial charge in [0, 0.05) is 24.6 Å². The molecule has 1 heterocycles. The Morgan fingerprint density at radius 2 is 2.10 bits per heavy atom. The molecule has 1 atom stereocenters. The maximum Gasteiger partial charge on any atom is 0.251 e. The topological polar surface area (TPSA) is 67.8 Å². The van der Waals surface area contributed by atoms with Gasteiger partial charge in [-0.25, -0.2) is 0 Å². The number of aliphatic hydroxyl groups is 1. The number of carbonyl (C=O) groups excluding carboxylic acids is 1. The fourth-order valence-corrected chi connectivity index (χ4v) is 2.11. The first kappa shape index (κ1) is 14.7. The molecule has 2 rings (SSSR count). The standard InChI is InChI=1S/C15H21NO4/c1-2-12(6-7-17)16-15(18)11-4-5-13-14(10-11)20-9-3-8-19-13/h4-5,10,12,17H,2-3,6-9H2,1H3,(H,16,18). The van der Waals surface area contributed by atoms with Crippen LogP contribution >= 0.6 is 0 Å². The molecule has 5 heteroatoms. The van der Waals surface area contributed by atoms with Crippen LogP contribution in [0, 0.1) is 0 Å². The molecule has 0 radical (unpaired) electrons. The molecule has 2 N–H and O–H groups in total. The molecule has 0 spiro atoms. The predicted octanol–water partition coefficient (Wildman–Crippen LogP) is 1.74. The normalized spacial score (nSPS) is 15.3. The van der Waals surface area contributed by atoms with Crippen LogP contribution in [-0.2, 0) is 0 Å². The highest BCUT2D eigenvalue weighted by molar-refractivity contribution is 5.95. The van der Waals surface area contributed by atoms with Gasteiger partial charge in [0.15, 0.2) is 11.5 Å². The maximum atomic E-state index is 12.2. The van der Waals surface area contributed by atoms with Gasteiger partial charge in [-0.3, -0.25) is 4.79 Å². The molecular weight excluding hydrogens is 258 g/mol. The minimum Gasteiger partial charge on any atom is -0.490 e. The molecule has 20 heavy (non-hydrogen) atoms. The molecule has 0 aliphatic carbocycles.